The third-order valence-corrected chi connectivity index (χ3v) is 5.47. The van der Waals surface area contributed by atoms with Gasteiger partial charge >= 0.3 is 0 Å². The summed E-state index contributed by atoms with van der Waals surface area (Å²) in [5, 5.41) is 17.6. The van der Waals surface area contributed by atoms with E-state index < -0.39 is 0 Å². The van der Waals surface area contributed by atoms with Gasteiger partial charge in [-0.15, -0.1) is 10.2 Å². The van der Waals surface area contributed by atoms with E-state index in [0.29, 0.717) is 37.2 Å². The lowest BCUT2D eigenvalue weighted by atomic mass is 9.95. The highest BCUT2D eigenvalue weighted by atomic mass is 16.5. The van der Waals surface area contributed by atoms with Crippen LogP contribution in [-0.2, 0) is 23.2 Å². The Balaban J connectivity index is 1.47. The molecule has 8 nitrogen and oxygen atoms in total. The minimum absolute atomic E-state index is 0.0718. The standard InChI is InChI=1S/C17H29N5O3/c1-20-15(12-23)18-19-17(20)14-3-5-21(6-4-14)10-13-9-16(24)22(11-13)7-8-25-2/h13-14,23H,3-12H2,1-2H3/t13-/m1/s1. The van der Waals surface area contributed by atoms with E-state index in [2.05, 4.69) is 15.1 Å². The third kappa shape index (κ3) is 4.19. The van der Waals surface area contributed by atoms with Crippen molar-refractivity contribution >= 4 is 5.91 Å². The van der Waals surface area contributed by atoms with Crippen LogP contribution in [0.1, 0.15) is 36.8 Å². The van der Waals surface area contributed by atoms with Crippen LogP contribution < -0.4 is 0 Å². The smallest absolute Gasteiger partial charge is 0.223 e. The van der Waals surface area contributed by atoms with Gasteiger partial charge in [-0.2, -0.15) is 0 Å². The van der Waals surface area contributed by atoms with Gasteiger partial charge in [0.1, 0.15) is 12.4 Å². The predicted molar refractivity (Wildman–Crippen MR) is 91.9 cm³/mol. The molecule has 0 aliphatic carbocycles. The summed E-state index contributed by atoms with van der Waals surface area (Å²) in [6, 6.07) is 0. The highest BCUT2D eigenvalue weighted by molar-refractivity contribution is 5.78. The Hall–Kier alpha value is -1.51. The van der Waals surface area contributed by atoms with Gasteiger partial charge in [0.2, 0.25) is 5.91 Å². The van der Waals surface area contributed by atoms with E-state index in [-0.39, 0.29) is 12.5 Å². The molecule has 25 heavy (non-hydrogen) atoms. The second kappa shape index (κ2) is 8.25. The van der Waals surface area contributed by atoms with Crippen molar-refractivity contribution in [3.05, 3.63) is 11.6 Å². The molecule has 2 saturated heterocycles. The van der Waals surface area contributed by atoms with E-state index >= 15 is 0 Å². The predicted octanol–water partition coefficient (Wildman–Crippen LogP) is -0.0183. The van der Waals surface area contributed by atoms with E-state index in [4.69, 9.17) is 4.74 Å². The average Bonchev–Trinajstić information content (AvgIpc) is 3.16. The summed E-state index contributed by atoms with van der Waals surface area (Å²) in [5.74, 6) is 2.69. The number of aromatic nitrogens is 3. The number of rotatable bonds is 7. The average molecular weight is 351 g/mol. The first-order chi connectivity index (χ1) is 12.1. The molecule has 1 N–H and O–H groups in total. The van der Waals surface area contributed by atoms with Crippen LogP contribution in [0.2, 0.25) is 0 Å². The number of hydrogen-bond acceptors (Lipinski definition) is 6. The van der Waals surface area contributed by atoms with E-state index in [0.717, 1.165) is 44.8 Å². The zero-order valence-electron chi connectivity index (χ0n) is 15.2. The molecule has 3 rings (SSSR count). The monoisotopic (exact) mass is 351 g/mol. The van der Waals surface area contributed by atoms with E-state index in [9.17, 15) is 9.90 Å². The lowest BCUT2D eigenvalue weighted by Crippen LogP contribution is -2.38. The number of nitrogens with zero attached hydrogens (tertiary/aromatic N) is 5. The number of piperidine rings is 1. The molecule has 0 bridgehead atoms. The van der Waals surface area contributed by atoms with Gasteiger partial charge in [-0.05, 0) is 31.8 Å². The molecule has 140 valence electrons. The normalized spacial score (nSPS) is 22.9. The highest BCUT2D eigenvalue weighted by Crippen LogP contribution is 2.28. The second-order valence-corrected chi connectivity index (χ2v) is 7.17. The van der Waals surface area contributed by atoms with Crippen molar-refractivity contribution in [2.45, 2.75) is 31.8 Å². The van der Waals surface area contributed by atoms with E-state index in [1.807, 2.05) is 16.5 Å². The van der Waals surface area contributed by atoms with Gasteiger partial charge in [-0.25, -0.2) is 0 Å². The number of aliphatic hydroxyl groups excluding tert-OH is 1. The molecular weight excluding hydrogens is 322 g/mol. The number of carbonyl (C=O) groups excluding carboxylic acids is 1. The quantitative estimate of drug-likeness (QED) is 0.743. The maximum absolute atomic E-state index is 12.1. The molecule has 0 aromatic carbocycles. The summed E-state index contributed by atoms with van der Waals surface area (Å²) >= 11 is 0. The number of ether oxygens (including phenoxy) is 1. The van der Waals surface area contributed by atoms with Crippen LogP contribution in [0.3, 0.4) is 0 Å². The first-order valence-electron chi connectivity index (χ1n) is 9.10. The second-order valence-electron chi connectivity index (χ2n) is 7.17. The minimum atomic E-state index is -0.0718. The van der Waals surface area contributed by atoms with Crippen molar-refractivity contribution in [2.24, 2.45) is 13.0 Å². The number of hydrogen-bond donors (Lipinski definition) is 1. The molecule has 2 aliphatic rings. The molecule has 0 radical (unpaired) electrons. The molecule has 1 aromatic rings. The molecular formula is C17H29N5O3. The Morgan fingerprint density at radius 3 is 2.68 bits per heavy atom. The van der Waals surface area contributed by atoms with Gasteiger partial charge in [0.15, 0.2) is 5.82 Å². The van der Waals surface area contributed by atoms with Crippen LogP contribution in [-0.4, -0.2) is 82.0 Å². The zero-order chi connectivity index (χ0) is 17.8. The van der Waals surface area contributed by atoms with Crippen LogP contribution in [0.25, 0.3) is 0 Å². The lowest BCUT2D eigenvalue weighted by Gasteiger charge is -2.33. The van der Waals surface area contributed by atoms with Crippen molar-refractivity contribution in [3.63, 3.8) is 0 Å². The third-order valence-electron chi connectivity index (χ3n) is 5.47. The molecule has 0 saturated carbocycles. The lowest BCUT2D eigenvalue weighted by molar-refractivity contribution is -0.128. The van der Waals surface area contributed by atoms with Crippen LogP contribution in [0.4, 0.5) is 0 Å². The first-order valence-corrected chi connectivity index (χ1v) is 9.10. The summed E-state index contributed by atoms with van der Waals surface area (Å²) in [4.78, 5) is 16.4. The number of carbonyl (C=O) groups is 1. The zero-order valence-corrected chi connectivity index (χ0v) is 15.2. The highest BCUT2D eigenvalue weighted by Gasteiger charge is 2.32. The fraction of sp³-hybridized carbons (Fsp3) is 0.824. The van der Waals surface area contributed by atoms with Gasteiger partial charge in [0.25, 0.3) is 0 Å². The maximum Gasteiger partial charge on any atom is 0.223 e. The SMILES string of the molecule is COCCN1C[C@@H](CN2CCC(c3nnc(CO)n3C)CC2)CC1=O. The van der Waals surface area contributed by atoms with Crippen molar-refractivity contribution in [2.75, 3.05) is 46.4 Å². The van der Waals surface area contributed by atoms with Gasteiger partial charge < -0.3 is 24.2 Å². The fourth-order valence-electron chi connectivity index (χ4n) is 4.00. The molecule has 1 atom stereocenters. The first kappa shape index (κ1) is 18.3. The van der Waals surface area contributed by atoms with Gasteiger partial charge in [-0.1, -0.05) is 0 Å². The van der Waals surface area contributed by atoms with Crippen LogP contribution in [0.5, 0.6) is 0 Å². The van der Waals surface area contributed by atoms with E-state index in [1.165, 1.54) is 0 Å². The topological polar surface area (TPSA) is 83.7 Å². The summed E-state index contributed by atoms with van der Waals surface area (Å²) in [5.41, 5.74) is 0. The van der Waals surface area contributed by atoms with Crippen LogP contribution >= 0.6 is 0 Å². The Morgan fingerprint density at radius 1 is 1.28 bits per heavy atom. The van der Waals surface area contributed by atoms with E-state index in [1.54, 1.807) is 7.11 Å². The molecule has 0 spiro atoms. The summed E-state index contributed by atoms with van der Waals surface area (Å²) in [7, 11) is 3.59. The number of amides is 1. The Labute approximate surface area is 148 Å². The number of aliphatic hydroxyl groups is 1. The number of methoxy groups -OCH3 is 1. The Kier molecular flexibility index (Phi) is 6.03. The van der Waals surface area contributed by atoms with Gasteiger partial charge in [0, 0.05) is 46.1 Å². The summed E-state index contributed by atoms with van der Waals surface area (Å²) in [6.45, 7) is 5.12. The molecule has 0 unspecified atom stereocenters. The summed E-state index contributed by atoms with van der Waals surface area (Å²) < 4.78 is 7.00. The maximum atomic E-state index is 12.1. The van der Waals surface area contributed by atoms with Crippen LogP contribution in [0.15, 0.2) is 0 Å². The molecule has 2 aliphatic heterocycles. The molecule has 1 amide bonds. The molecule has 2 fully saturated rings. The van der Waals surface area contributed by atoms with Gasteiger partial charge in [0.05, 0.1) is 6.61 Å². The fourth-order valence-corrected chi connectivity index (χ4v) is 4.00. The Bertz CT molecular complexity index is 583. The molecule has 1 aromatic heterocycles. The van der Waals surface area contributed by atoms with Gasteiger partial charge in [-0.3, -0.25) is 4.79 Å². The minimum Gasteiger partial charge on any atom is -0.388 e. The molecule has 8 heteroatoms. The van der Waals surface area contributed by atoms with Crippen molar-refractivity contribution in [1.82, 2.24) is 24.6 Å². The van der Waals surface area contributed by atoms with Crippen LogP contribution in [0, 0.1) is 5.92 Å². The Morgan fingerprint density at radius 2 is 2.04 bits per heavy atom. The summed E-state index contributed by atoms with van der Waals surface area (Å²) in [6.07, 6.45) is 2.75. The van der Waals surface area contributed by atoms with Crippen molar-refractivity contribution in [1.29, 1.82) is 0 Å². The number of likely N-dealkylation sites (tertiary alicyclic amines) is 2. The van der Waals surface area contributed by atoms with Crippen molar-refractivity contribution in [3.8, 4) is 0 Å². The molecule has 3 heterocycles. The largest absolute Gasteiger partial charge is 0.388 e. The van der Waals surface area contributed by atoms with Crippen molar-refractivity contribution < 1.29 is 14.6 Å².